The summed E-state index contributed by atoms with van der Waals surface area (Å²) in [6, 6.07) is 7.09. The van der Waals surface area contributed by atoms with Gasteiger partial charge in [-0.15, -0.1) is 11.3 Å². The molecule has 1 aromatic carbocycles. The van der Waals surface area contributed by atoms with E-state index >= 15 is 0 Å². The highest BCUT2D eigenvalue weighted by atomic mass is 32.1. The molecular weight excluding hydrogens is 295 g/mol. The minimum Gasteiger partial charge on any atom is -0.328 e. The average Bonchev–Trinajstić information content (AvgIpc) is 2.85. The van der Waals surface area contributed by atoms with Crippen LogP contribution in [0.15, 0.2) is 30.3 Å². The summed E-state index contributed by atoms with van der Waals surface area (Å²) in [5.41, 5.74) is 0.369. The monoisotopic (exact) mass is 308 g/mol. The fraction of sp³-hybridized carbons (Fsp3) is 0.214. The summed E-state index contributed by atoms with van der Waals surface area (Å²) in [6.45, 7) is 3.59. The number of rotatable bonds is 5. The van der Waals surface area contributed by atoms with Crippen molar-refractivity contribution in [3.8, 4) is 0 Å². The predicted molar refractivity (Wildman–Crippen MR) is 80.1 cm³/mol. The summed E-state index contributed by atoms with van der Waals surface area (Å²) in [6.07, 6.45) is 0. The van der Waals surface area contributed by atoms with Crippen LogP contribution < -0.4 is 4.90 Å². The van der Waals surface area contributed by atoms with Crippen molar-refractivity contribution in [1.82, 2.24) is 0 Å². The SMILES string of the molecule is CCN(c1cccc(F)c1)c1sc(C(C)=O)cc1[N+](=O)[O-]. The Morgan fingerprint density at radius 1 is 1.43 bits per heavy atom. The number of halogens is 1. The predicted octanol–water partition coefficient (Wildman–Crippen LogP) is 4.16. The van der Waals surface area contributed by atoms with Crippen LogP contribution in [0.25, 0.3) is 0 Å². The lowest BCUT2D eigenvalue weighted by atomic mass is 10.2. The van der Waals surface area contributed by atoms with E-state index in [9.17, 15) is 19.3 Å². The van der Waals surface area contributed by atoms with E-state index in [4.69, 9.17) is 0 Å². The molecule has 0 saturated heterocycles. The topological polar surface area (TPSA) is 63.5 Å². The standard InChI is InChI=1S/C14H13FN2O3S/c1-3-16(11-6-4-5-10(15)7-11)14-12(17(19)20)8-13(21-14)9(2)18/h4-8H,3H2,1-2H3. The molecule has 110 valence electrons. The number of nitrogens with zero attached hydrogens (tertiary/aromatic N) is 2. The first-order valence-corrected chi connectivity index (χ1v) is 7.08. The van der Waals surface area contributed by atoms with Gasteiger partial charge in [0.25, 0.3) is 0 Å². The number of anilines is 2. The molecule has 2 aromatic rings. The third kappa shape index (κ3) is 3.08. The molecule has 0 aliphatic carbocycles. The zero-order valence-electron chi connectivity index (χ0n) is 11.5. The number of hydrogen-bond acceptors (Lipinski definition) is 5. The number of nitro groups is 1. The van der Waals surface area contributed by atoms with Crippen LogP contribution in [0.2, 0.25) is 0 Å². The molecule has 0 aliphatic rings. The van der Waals surface area contributed by atoms with Crippen LogP contribution in [0.1, 0.15) is 23.5 Å². The number of ketones is 1. The van der Waals surface area contributed by atoms with Gasteiger partial charge in [-0.3, -0.25) is 14.9 Å². The van der Waals surface area contributed by atoms with Gasteiger partial charge in [0.15, 0.2) is 10.8 Å². The molecule has 0 aliphatic heterocycles. The molecule has 0 amide bonds. The van der Waals surface area contributed by atoms with Crippen LogP contribution in [0.3, 0.4) is 0 Å². The van der Waals surface area contributed by atoms with Gasteiger partial charge in [0, 0.05) is 18.3 Å². The van der Waals surface area contributed by atoms with Gasteiger partial charge in [0.2, 0.25) is 0 Å². The third-order valence-corrected chi connectivity index (χ3v) is 4.17. The highest BCUT2D eigenvalue weighted by Crippen LogP contribution is 2.41. The maximum atomic E-state index is 13.4. The molecule has 0 saturated carbocycles. The summed E-state index contributed by atoms with van der Waals surface area (Å²) in [5.74, 6) is -0.651. The Labute approximate surface area is 124 Å². The Morgan fingerprint density at radius 2 is 2.14 bits per heavy atom. The lowest BCUT2D eigenvalue weighted by Gasteiger charge is -2.20. The number of carbonyl (C=O) groups excluding carboxylic acids is 1. The van der Waals surface area contributed by atoms with E-state index in [0.717, 1.165) is 11.3 Å². The number of Topliss-reactive ketones (excluding diaryl/α,β-unsaturated/α-hetero) is 1. The van der Waals surface area contributed by atoms with Gasteiger partial charge in [-0.1, -0.05) is 6.07 Å². The van der Waals surface area contributed by atoms with Crippen LogP contribution in [-0.4, -0.2) is 17.3 Å². The first-order chi connectivity index (χ1) is 9.93. The number of benzene rings is 1. The average molecular weight is 308 g/mol. The summed E-state index contributed by atoms with van der Waals surface area (Å²) in [5, 5.41) is 11.5. The lowest BCUT2D eigenvalue weighted by Crippen LogP contribution is -2.15. The van der Waals surface area contributed by atoms with Gasteiger partial charge in [-0.05, 0) is 32.0 Å². The Bertz CT molecular complexity index is 699. The quantitative estimate of drug-likeness (QED) is 0.473. The van der Waals surface area contributed by atoms with Crippen LogP contribution in [-0.2, 0) is 0 Å². The minimum absolute atomic E-state index is 0.142. The van der Waals surface area contributed by atoms with Crippen LogP contribution in [0.4, 0.5) is 20.8 Å². The van der Waals surface area contributed by atoms with E-state index in [-0.39, 0.29) is 11.5 Å². The van der Waals surface area contributed by atoms with Gasteiger partial charge in [0.05, 0.1) is 9.80 Å². The molecule has 0 bridgehead atoms. The molecule has 1 aromatic heterocycles. The van der Waals surface area contributed by atoms with Gasteiger partial charge in [-0.2, -0.15) is 0 Å². The smallest absolute Gasteiger partial charge is 0.304 e. The zero-order chi connectivity index (χ0) is 15.6. The van der Waals surface area contributed by atoms with Crippen LogP contribution >= 0.6 is 11.3 Å². The molecule has 1 heterocycles. The molecule has 7 heteroatoms. The van der Waals surface area contributed by atoms with Gasteiger partial charge >= 0.3 is 5.69 Å². The Balaban J connectivity index is 2.56. The summed E-state index contributed by atoms with van der Waals surface area (Å²) >= 11 is 1.04. The fourth-order valence-corrected chi connectivity index (χ4v) is 3.06. The van der Waals surface area contributed by atoms with Crippen molar-refractivity contribution >= 4 is 33.5 Å². The Kier molecular flexibility index (Phi) is 4.32. The highest BCUT2D eigenvalue weighted by Gasteiger charge is 2.25. The Morgan fingerprint density at radius 3 is 2.67 bits per heavy atom. The maximum Gasteiger partial charge on any atom is 0.304 e. The van der Waals surface area contributed by atoms with E-state index in [1.807, 2.05) is 6.92 Å². The van der Waals surface area contributed by atoms with E-state index in [2.05, 4.69) is 0 Å². The van der Waals surface area contributed by atoms with Crippen molar-refractivity contribution in [2.24, 2.45) is 0 Å². The lowest BCUT2D eigenvalue weighted by molar-refractivity contribution is -0.383. The van der Waals surface area contributed by atoms with Gasteiger partial charge in [-0.25, -0.2) is 4.39 Å². The van der Waals surface area contributed by atoms with Crippen LogP contribution in [0.5, 0.6) is 0 Å². The molecular formula is C14H13FN2O3S. The normalized spacial score (nSPS) is 10.4. The van der Waals surface area contributed by atoms with Crippen molar-refractivity contribution < 1.29 is 14.1 Å². The second-order valence-electron chi connectivity index (χ2n) is 4.34. The largest absolute Gasteiger partial charge is 0.328 e. The van der Waals surface area contributed by atoms with Crippen molar-refractivity contribution in [3.05, 3.63) is 51.1 Å². The second kappa shape index (κ2) is 6.01. The second-order valence-corrected chi connectivity index (χ2v) is 5.37. The molecule has 0 unspecified atom stereocenters. The molecule has 5 nitrogen and oxygen atoms in total. The first kappa shape index (κ1) is 15.1. The van der Waals surface area contributed by atoms with Crippen molar-refractivity contribution in [3.63, 3.8) is 0 Å². The third-order valence-electron chi connectivity index (χ3n) is 2.92. The molecule has 2 rings (SSSR count). The number of hydrogen-bond donors (Lipinski definition) is 0. The molecule has 0 atom stereocenters. The van der Waals surface area contributed by atoms with E-state index in [1.54, 1.807) is 17.0 Å². The summed E-state index contributed by atoms with van der Waals surface area (Å²) in [4.78, 5) is 24.0. The fourth-order valence-electron chi connectivity index (χ4n) is 1.96. The molecule has 0 fully saturated rings. The number of carbonyl (C=O) groups is 1. The van der Waals surface area contributed by atoms with Crippen molar-refractivity contribution in [2.75, 3.05) is 11.4 Å². The van der Waals surface area contributed by atoms with E-state index < -0.39 is 10.7 Å². The van der Waals surface area contributed by atoms with Crippen LogP contribution in [0, 0.1) is 15.9 Å². The van der Waals surface area contributed by atoms with Gasteiger partial charge < -0.3 is 4.90 Å². The number of thiophene rings is 1. The van der Waals surface area contributed by atoms with Crippen molar-refractivity contribution in [1.29, 1.82) is 0 Å². The van der Waals surface area contributed by atoms with E-state index in [1.165, 1.54) is 25.1 Å². The van der Waals surface area contributed by atoms with Crippen molar-refractivity contribution in [2.45, 2.75) is 13.8 Å². The molecule has 0 radical (unpaired) electrons. The summed E-state index contributed by atoms with van der Waals surface area (Å²) < 4.78 is 13.4. The highest BCUT2D eigenvalue weighted by molar-refractivity contribution is 7.18. The molecule has 0 spiro atoms. The summed E-state index contributed by atoms with van der Waals surface area (Å²) in [7, 11) is 0. The minimum atomic E-state index is -0.528. The Hall–Kier alpha value is -2.28. The first-order valence-electron chi connectivity index (χ1n) is 6.26. The molecule has 21 heavy (non-hydrogen) atoms. The zero-order valence-corrected chi connectivity index (χ0v) is 12.3. The van der Waals surface area contributed by atoms with Gasteiger partial charge in [0.1, 0.15) is 5.82 Å². The molecule has 0 N–H and O–H groups in total. The maximum absolute atomic E-state index is 13.4. The van der Waals surface area contributed by atoms with E-state index in [0.29, 0.717) is 22.1 Å².